The van der Waals surface area contributed by atoms with E-state index in [-0.39, 0.29) is 4.90 Å². The molecule has 0 spiro atoms. The van der Waals surface area contributed by atoms with E-state index in [9.17, 15) is 8.42 Å². The Morgan fingerprint density at radius 2 is 1.74 bits per heavy atom. The number of sulfonamides is 1. The predicted molar refractivity (Wildman–Crippen MR) is 91.8 cm³/mol. The van der Waals surface area contributed by atoms with Crippen molar-refractivity contribution in [2.24, 2.45) is 0 Å². The maximum atomic E-state index is 12.3. The Bertz CT molecular complexity index is 719. The largest absolute Gasteiger partial charge is 0.278 e. The lowest BCUT2D eigenvalue weighted by Crippen LogP contribution is -2.14. The molecule has 2 aromatic carbocycles. The van der Waals surface area contributed by atoms with Crippen LogP contribution in [0.15, 0.2) is 56.3 Å². The molecule has 0 aliphatic rings. The van der Waals surface area contributed by atoms with Gasteiger partial charge < -0.3 is 0 Å². The van der Waals surface area contributed by atoms with Gasteiger partial charge in [0, 0.05) is 12.5 Å². The summed E-state index contributed by atoms with van der Waals surface area (Å²) in [6.45, 7) is 0. The van der Waals surface area contributed by atoms with Crippen molar-refractivity contribution in [2.45, 2.75) is 4.90 Å². The molecule has 19 heavy (non-hydrogen) atoms. The summed E-state index contributed by atoms with van der Waals surface area (Å²) in [7, 11) is -3.61. The van der Waals surface area contributed by atoms with Gasteiger partial charge in [0.15, 0.2) is 0 Å². The average Bonchev–Trinajstić information content (AvgIpc) is 2.34. The fourth-order valence-electron chi connectivity index (χ4n) is 1.44. The zero-order valence-electron chi connectivity index (χ0n) is 9.40. The summed E-state index contributed by atoms with van der Waals surface area (Å²) in [4.78, 5) is 0.214. The number of nitrogens with one attached hydrogen (secondary N) is 1. The Morgan fingerprint density at radius 1 is 1.05 bits per heavy atom. The van der Waals surface area contributed by atoms with Gasteiger partial charge in [0.2, 0.25) is 0 Å². The van der Waals surface area contributed by atoms with Gasteiger partial charge in [-0.2, -0.15) is 0 Å². The van der Waals surface area contributed by atoms with Gasteiger partial charge in [-0.15, -0.1) is 0 Å². The number of benzene rings is 2. The molecule has 0 amide bonds. The monoisotopic (exact) mass is 515 g/mol. The molecule has 0 radical (unpaired) electrons. The van der Waals surface area contributed by atoms with Crippen molar-refractivity contribution in [1.82, 2.24) is 0 Å². The van der Waals surface area contributed by atoms with Crippen LogP contribution in [-0.2, 0) is 10.0 Å². The van der Waals surface area contributed by atoms with Crippen molar-refractivity contribution in [2.75, 3.05) is 4.72 Å². The Kier molecular flexibility index (Phi) is 4.91. The molecule has 0 saturated heterocycles. The maximum Gasteiger partial charge on any atom is 0.263 e. The number of anilines is 1. The van der Waals surface area contributed by atoms with Gasteiger partial charge in [-0.1, -0.05) is 28.1 Å². The minimum absolute atomic E-state index is 0.214. The molecule has 1 N–H and O–H groups in total. The Hall–Kier alpha value is -0.120. The zero-order chi connectivity index (χ0) is 14.0. The molecule has 0 unspecified atom stereocenters. The molecule has 0 heterocycles. The van der Waals surface area contributed by atoms with E-state index in [0.29, 0.717) is 10.2 Å². The fraction of sp³-hybridized carbons (Fsp3) is 0. The van der Waals surface area contributed by atoms with Crippen LogP contribution in [0.5, 0.6) is 0 Å². The molecule has 0 bridgehead atoms. The molecular weight excluding hydrogens is 509 g/mol. The first kappa shape index (κ1) is 15.3. The van der Waals surface area contributed by atoms with E-state index in [0.717, 1.165) is 8.04 Å². The topological polar surface area (TPSA) is 46.2 Å². The lowest BCUT2D eigenvalue weighted by atomic mass is 10.3. The van der Waals surface area contributed by atoms with Crippen molar-refractivity contribution in [3.05, 3.63) is 55.0 Å². The van der Waals surface area contributed by atoms with E-state index in [1.54, 1.807) is 30.3 Å². The highest BCUT2D eigenvalue weighted by atomic mass is 127. The van der Waals surface area contributed by atoms with E-state index < -0.39 is 10.0 Å². The van der Waals surface area contributed by atoms with Crippen molar-refractivity contribution in [1.29, 1.82) is 0 Å². The number of hydrogen-bond acceptors (Lipinski definition) is 2. The smallest absolute Gasteiger partial charge is 0.263 e. The summed E-state index contributed by atoms with van der Waals surface area (Å²) in [5.41, 5.74) is 0.547. The molecule has 0 aliphatic carbocycles. The molecule has 2 rings (SSSR count). The van der Waals surface area contributed by atoms with Gasteiger partial charge in [-0.3, -0.25) is 4.72 Å². The molecule has 100 valence electrons. The molecule has 7 heteroatoms. The molecule has 0 saturated carbocycles. The minimum Gasteiger partial charge on any atom is -0.278 e. The number of halogens is 3. The first-order chi connectivity index (χ1) is 8.90. The van der Waals surface area contributed by atoms with Gasteiger partial charge in [-0.05, 0) is 68.9 Å². The quantitative estimate of drug-likeness (QED) is 0.605. The number of rotatable bonds is 3. The van der Waals surface area contributed by atoms with Crippen LogP contribution >= 0.6 is 54.5 Å². The minimum atomic E-state index is -3.61. The van der Waals surface area contributed by atoms with Crippen LogP contribution < -0.4 is 4.72 Å². The summed E-state index contributed by atoms with van der Waals surface area (Å²) in [6, 6.07) is 12.1. The van der Waals surface area contributed by atoms with Gasteiger partial charge in [-0.25, -0.2) is 8.42 Å². The first-order valence-corrected chi connectivity index (χ1v) is 9.27. The third kappa shape index (κ3) is 3.71. The summed E-state index contributed by atoms with van der Waals surface area (Å²) in [6.07, 6.45) is 0. The summed E-state index contributed by atoms with van der Waals surface area (Å²) in [5.74, 6) is 0. The van der Waals surface area contributed by atoms with Crippen LogP contribution in [0.3, 0.4) is 0 Å². The molecule has 0 aliphatic heterocycles. The Labute approximate surface area is 142 Å². The molecule has 2 aromatic rings. The summed E-state index contributed by atoms with van der Waals surface area (Å²) >= 11 is 8.66. The maximum absolute atomic E-state index is 12.3. The average molecular weight is 517 g/mol. The number of hydrogen-bond donors (Lipinski definition) is 1. The van der Waals surface area contributed by atoms with Crippen LogP contribution in [-0.4, -0.2) is 8.42 Å². The van der Waals surface area contributed by atoms with Crippen molar-refractivity contribution < 1.29 is 8.42 Å². The summed E-state index contributed by atoms with van der Waals surface area (Å²) < 4.78 is 29.4. The van der Waals surface area contributed by atoms with Gasteiger partial charge in [0.25, 0.3) is 10.0 Å². The van der Waals surface area contributed by atoms with E-state index in [1.165, 1.54) is 0 Å². The molecular formula is C12H8Br2INO2S. The van der Waals surface area contributed by atoms with Crippen molar-refractivity contribution in [3.8, 4) is 0 Å². The van der Waals surface area contributed by atoms with Crippen LogP contribution in [0.1, 0.15) is 0 Å². The fourth-order valence-corrected chi connectivity index (χ4v) is 4.53. The van der Waals surface area contributed by atoms with Crippen LogP contribution in [0.25, 0.3) is 0 Å². The highest BCUT2D eigenvalue weighted by molar-refractivity contribution is 14.1. The van der Waals surface area contributed by atoms with Crippen LogP contribution in [0, 0.1) is 3.57 Å². The molecule has 0 fully saturated rings. The third-order valence-electron chi connectivity index (χ3n) is 2.30. The van der Waals surface area contributed by atoms with Crippen molar-refractivity contribution in [3.63, 3.8) is 0 Å². The van der Waals surface area contributed by atoms with Crippen LogP contribution in [0.2, 0.25) is 0 Å². The van der Waals surface area contributed by atoms with Crippen LogP contribution in [0.4, 0.5) is 5.69 Å². The first-order valence-electron chi connectivity index (χ1n) is 5.12. The van der Waals surface area contributed by atoms with E-state index >= 15 is 0 Å². The molecule has 3 nitrogen and oxygen atoms in total. The normalized spacial score (nSPS) is 11.3. The molecule has 0 aromatic heterocycles. The Morgan fingerprint density at radius 3 is 2.42 bits per heavy atom. The second kappa shape index (κ2) is 6.11. The second-order valence-electron chi connectivity index (χ2n) is 3.66. The Balaban J connectivity index is 2.43. The van der Waals surface area contributed by atoms with Gasteiger partial charge in [0.1, 0.15) is 4.90 Å². The van der Waals surface area contributed by atoms with E-state index in [1.807, 2.05) is 12.1 Å². The highest BCUT2D eigenvalue weighted by Gasteiger charge is 2.18. The lowest BCUT2D eigenvalue weighted by Gasteiger charge is -2.11. The predicted octanol–water partition coefficient (Wildman–Crippen LogP) is 4.62. The standard InChI is InChI=1S/C12H8Br2INO2S/c13-8-5-6-10(15)11(7-8)16-19(17,18)12-4-2-1-3-9(12)14/h1-7,16H. The van der Waals surface area contributed by atoms with E-state index in [4.69, 9.17) is 0 Å². The SMILES string of the molecule is O=S(=O)(Nc1cc(Br)ccc1I)c1ccccc1Br. The zero-order valence-corrected chi connectivity index (χ0v) is 15.5. The third-order valence-corrected chi connectivity index (χ3v) is 6.11. The second-order valence-corrected chi connectivity index (χ2v) is 8.24. The van der Waals surface area contributed by atoms with Gasteiger partial charge >= 0.3 is 0 Å². The highest BCUT2D eigenvalue weighted by Crippen LogP contribution is 2.28. The molecule has 0 atom stereocenters. The summed E-state index contributed by atoms with van der Waals surface area (Å²) in [5, 5.41) is 0. The van der Waals surface area contributed by atoms with Crippen molar-refractivity contribution >= 4 is 70.2 Å². The van der Waals surface area contributed by atoms with E-state index in [2.05, 4.69) is 59.2 Å². The van der Waals surface area contributed by atoms with Gasteiger partial charge in [0.05, 0.1) is 5.69 Å². The lowest BCUT2D eigenvalue weighted by molar-refractivity contribution is 0.600.